The summed E-state index contributed by atoms with van der Waals surface area (Å²) in [4.78, 5) is 13.8. The molecule has 3 aromatic carbocycles. The van der Waals surface area contributed by atoms with Crippen LogP contribution < -0.4 is 9.47 Å². The van der Waals surface area contributed by atoms with E-state index in [2.05, 4.69) is 14.8 Å². The Hall–Kier alpha value is -4.15. The van der Waals surface area contributed by atoms with Crippen LogP contribution in [0.4, 0.5) is 0 Å². The molecule has 0 bridgehead atoms. The molecule has 0 aliphatic carbocycles. The summed E-state index contributed by atoms with van der Waals surface area (Å²) in [5, 5.41) is 16.2. The summed E-state index contributed by atoms with van der Waals surface area (Å²) < 4.78 is 18.7. The van der Waals surface area contributed by atoms with E-state index in [1.54, 1.807) is 19.2 Å². The zero-order chi connectivity index (χ0) is 28.9. The molecule has 3 heterocycles. The molecule has 0 N–H and O–H groups in total. The zero-order valence-electron chi connectivity index (χ0n) is 23.7. The van der Waals surface area contributed by atoms with Gasteiger partial charge in [0.1, 0.15) is 11.5 Å². The van der Waals surface area contributed by atoms with E-state index >= 15 is 0 Å². The number of nitrogens with zero attached hydrogens (tertiary/aromatic N) is 5. The first-order valence-corrected chi connectivity index (χ1v) is 15.0. The second kappa shape index (κ2) is 12.8. The molecule has 1 amide bonds. The maximum Gasteiger partial charge on any atom is 0.253 e. The van der Waals surface area contributed by atoms with Crippen molar-refractivity contribution in [1.29, 1.82) is 0 Å². The molecule has 0 radical (unpaired) electrons. The minimum absolute atomic E-state index is 0.0871. The Morgan fingerprint density at radius 2 is 1.64 bits per heavy atom. The van der Waals surface area contributed by atoms with Gasteiger partial charge in [0, 0.05) is 18.6 Å². The molecule has 0 unspecified atom stereocenters. The molecule has 4 aromatic rings. The minimum atomic E-state index is -0.209. The third kappa shape index (κ3) is 6.05. The number of aromatic nitrogens is 3. The van der Waals surface area contributed by atoms with Crippen molar-refractivity contribution < 1.29 is 19.0 Å². The van der Waals surface area contributed by atoms with Gasteiger partial charge in [0.15, 0.2) is 11.0 Å². The van der Waals surface area contributed by atoms with Gasteiger partial charge in [-0.3, -0.25) is 9.36 Å². The fraction of sp³-hybridized carbons (Fsp3) is 0.312. The molecule has 6 rings (SSSR count). The van der Waals surface area contributed by atoms with Gasteiger partial charge in [-0.15, -0.1) is 10.2 Å². The van der Waals surface area contributed by atoms with Crippen LogP contribution in [0.15, 0.2) is 89.1 Å². The highest BCUT2D eigenvalue weighted by atomic mass is 32.2. The van der Waals surface area contributed by atoms with Crippen LogP contribution in [0.3, 0.4) is 0 Å². The number of rotatable bonds is 10. The van der Waals surface area contributed by atoms with E-state index in [-0.39, 0.29) is 23.8 Å². The Bertz CT molecular complexity index is 1530. The molecule has 1 fully saturated rings. The molecule has 2 atom stereocenters. The standard InChI is InChI=1S/C32H33N5O4S/c1-39-25-14-10-23(11-15-25)29-19-28(22-7-4-3-5-8-22)35-37(29)30(38)21-42-32-34-33-31(24-12-16-26(40-2)17-13-24)36(32)20-27-9-6-18-41-27/h3-5,7-8,10-17,27,29H,6,9,18-21H2,1-2H3/t27-,29-/m1/s1. The lowest BCUT2D eigenvalue weighted by molar-refractivity contribution is -0.130. The minimum Gasteiger partial charge on any atom is -0.497 e. The van der Waals surface area contributed by atoms with Crippen LogP contribution in [0.25, 0.3) is 11.4 Å². The zero-order valence-corrected chi connectivity index (χ0v) is 24.5. The van der Waals surface area contributed by atoms with E-state index in [0.717, 1.165) is 59.2 Å². The largest absolute Gasteiger partial charge is 0.497 e. The van der Waals surface area contributed by atoms with Gasteiger partial charge in [-0.2, -0.15) is 5.10 Å². The first kappa shape index (κ1) is 28.0. The molecule has 1 saturated heterocycles. The quantitative estimate of drug-likeness (QED) is 0.224. The summed E-state index contributed by atoms with van der Waals surface area (Å²) in [5.41, 5.74) is 3.83. The molecule has 2 aliphatic rings. The predicted octanol–water partition coefficient (Wildman–Crippen LogP) is 5.61. The van der Waals surface area contributed by atoms with Crippen molar-refractivity contribution >= 4 is 23.4 Å². The molecule has 216 valence electrons. The maximum atomic E-state index is 13.8. The average Bonchev–Trinajstić information content (AvgIpc) is 3.81. The van der Waals surface area contributed by atoms with Gasteiger partial charge in [0.05, 0.1) is 44.4 Å². The topological polar surface area (TPSA) is 91.1 Å². The van der Waals surface area contributed by atoms with Crippen LogP contribution in [-0.4, -0.2) is 64.1 Å². The number of carbonyl (C=O) groups excluding carboxylic acids is 1. The average molecular weight is 584 g/mol. The van der Waals surface area contributed by atoms with Gasteiger partial charge in [0.2, 0.25) is 0 Å². The number of thioether (sulfide) groups is 1. The molecule has 2 aliphatic heterocycles. The fourth-order valence-corrected chi connectivity index (χ4v) is 6.13. The fourth-order valence-electron chi connectivity index (χ4n) is 5.33. The monoisotopic (exact) mass is 583 g/mol. The van der Waals surface area contributed by atoms with Crippen LogP contribution in [0.5, 0.6) is 11.5 Å². The molecule has 9 nitrogen and oxygen atoms in total. The summed E-state index contributed by atoms with van der Waals surface area (Å²) in [7, 11) is 3.29. The smallest absolute Gasteiger partial charge is 0.253 e. The Balaban J connectivity index is 1.25. The SMILES string of the molecule is COc1ccc(-c2nnc(SCC(=O)N3N=C(c4ccccc4)C[C@@H]3c3ccc(OC)cc3)n2C[C@H]2CCCO2)cc1. The number of amides is 1. The van der Waals surface area contributed by atoms with Crippen molar-refractivity contribution in [3.63, 3.8) is 0 Å². The predicted molar refractivity (Wildman–Crippen MR) is 162 cm³/mol. The van der Waals surface area contributed by atoms with Gasteiger partial charge in [-0.1, -0.05) is 54.2 Å². The molecule has 0 saturated carbocycles. The maximum absolute atomic E-state index is 13.8. The van der Waals surface area contributed by atoms with E-state index in [0.29, 0.717) is 18.1 Å². The van der Waals surface area contributed by atoms with E-state index in [4.69, 9.17) is 19.3 Å². The number of ether oxygens (including phenoxy) is 3. The second-order valence-electron chi connectivity index (χ2n) is 10.2. The number of methoxy groups -OCH3 is 2. The molecule has 0 spiro atoms. The van der Waals surface area contributed by atoms with E-state index in [9.17, 15) is 4.79 Å². The van der Waals surface area contributed by atoms with Gasteiger partial charge >= 0.3 is 0 Å². The normalized spacial score (nSPS) is 18.2. The van der Waals surface area contributed by atoms with Crippen LogP contribution in [0.1, 0.15) is 36.4 Å². The third-order valence-electron chi connectivity index (χ3n) is 7.57. The number of benzene rings is 3. The molecule has 1 aromatic heterocycles. The number of hydrogen-bond donors (Lipinski definition) is 0. The molecular formula is C32H33N5O4S. The lowest BCUT2D eigenvalue weighted by Gasteiger charge is -2.22. The van der Waals surface area contributed by atoms with Gasteiger partial charge < -0.3 is 14.2 Å². The Morgan fingerprint density at radius 3 is 2.31 bits per heavy atom. The molecule has 42 heavy (non-hydrogen) atoms. The van der Waals surface area contributed by atoms with E-state index in [1.807, 2.05) is 78.9 Å². The number of carbonyl (C=O) groups is 1. The van der Waals surface area contributed by atoms with Gasteiger partial charge in [-0.05, 0) is 60.4 Å². The lowest BCUT2D eigenvalue weighted by atomic mass is 9.98. The molecule has 10 heteroatoms. The first-order valence-electron chi connectivity index (χ1n) is 14.0. The summed E-state index contributed by atoms with van der Waals surface area (Å²) in [6.07, 6.45) is 2.74. The highest BCUT2D eigenvalue weighted by Gasteiger charge is 2.33. The van der Waals surface area contributed by atoms with Crippen LogP contribution in [-0.2, 0) is 16.1 Å². The Morgan fingerprint density at radius 1 is 0.929 bits per heavy atom. The Kier molecular flexibility index (Phi) is 8.52. The van der Waals surface area contributed by atoms with Crippen molar-refractivity contribution in [1.82, 2.24) is 19.8 Å². The lowest BCUT2D eigenvalue weighted by Crippen LogP contribution is -2.28. The van der Waals surface area contributed by atoms with Gasteiger partial charge in [0.25, 0.3) is 5.91 Å². The summed E-state index contributed by atoms with van der Waals surface area (Å²) >= 11 is 1.38. The molecular weight excluding hydrogens is 550 g/mol. The summed E-state index contributed by atoms with van der Waals surface area (Å²) in [6, 6.07) is 25.4. The van der Waals surface area contributed by atoms with E-state index < -0.39 is 0 Å². The van der Waals surface area contributed by atoms with Crippen molar-refractivity contribution in [3.05, 3.63) is 90.0 Å². The second-order valence-corrected chi connectivity index (χ2v) is 11.2. The van der Waals surface area contributed by atoms with Crippen LogP contribution in [0, 0.1) is 0 Å². The van der Waals surface area contributed by atoms with Crippen LogP contribution >= 0.6 is 11.8 Å². The Labute approximate surface area is 249 Å². The summed E-state index contributed by atoms with van der Waals surface area (Å²) in [6.45, 7) is 1.38. The van der Waals surface area contributed by atoms with Crippen molar-refractivity contribution in [3.8, 4) is 22.9 Å². The number of hydrazone groups is 1. The van der Waals surface area contributed by atoms with Crippen LogP contribution in [0.2, 0.25) is 0 Å². The summed E-state index contributed by atoms with van der Waals surface area (Å²) in [5.74, 6) is 2.36. The highest BCUT2D eigenvalue weighted by molar-refractivity contribution is 7.99. The van der Waals surface area contributed by atoms with E-state index in [1.165, 1.54) is 11.8 Å². The third-order valence-corrected chi connectivity index (χ3v) is 8.53. The van der Waals surface area contributed by atoms with Gasteiger partial charge in [-0.25, -0.2) is 5.01 Å². The number of hydrogen-bond acceptors (Lipinski definition) is 8. The first-order chi connectivity index (χ1) is 20.6. The van der Waals surface area contributed by atoms with Crippen molar-refractivity contribution in [2.45, 2.75) is 43.1 Å². The van der Waals surface area contributed by atoms with Crippen molar-refractivity contribution in [2.75, 3.05) is 26.6 Å². The highest BCUT2D eigenvalue weighted by Crippen LogP contribution is 2.35. The van der Waals surface area contributed by atoms with Crippen molar-refractivity contribution in [2.24, 2.45) is 5.10 Å².